The molecule has 2 unspecified atom stereocenters. The summed E-state index contributed by atoms with van der Waals surface area (Å²) in [7, 11) is -3.72. The fraction of sp³-hybridized carbons (Fsp3) is 0.250. The summed E-state index contributed by atoms with van der Waals surface area (Å²) in [5, 5.41) is 29.5. The summed E-state index contributed by atoms with van der Waals surface area (Å²) in [6.07, 6.45) is 4.18. The number of aliphatic hydroxyl groups excluding tert-OH is 2. The first kappa shape index (κ1) is 31.5. The number of aliphatic hydroxyl groups is 2. The Bertz CT molecular complexity index is 1170. The molecule has 13 nitrogen and oxygen atoms in total. The second-order valence-electron chi connectivity index (χ2n) is 6.21. The summed E-state index contributed by atoms with van der Waals surface area (Å²) < 4.78 is 42.5. The summed E-state index contributed by atoms with van der Waals surface area (Å²) in [5.41, 5.74) is 14.3. The molecule has 0 saturated heterocycles. The predicted octanol–water partition coefficient (Wildman–Crippen LogP) is 2.25. The minimum absolute atomic E-state index is 0.237. The Morgan fingerprint density at radius 1 is 1.17 bits per heavy atom. The van der Waals surface area contributed by atoms with Crippen molar-refractivity contribution in [3.63, 3.8) is 0 Å². The van der Waals surface area contributed by atoms with Crippen LogP contribution in [0.4, 0.5) is 17.1 Å². The number of nitrogens with two attached hydrogens (primary N) is 2. The highest BCUT2D eigenvalue weighted by atomic mass is 32.2. The Kier molecular flexibility index (Phi) is 13.3. The van der Waals surface area contributed by atoms with Crippen molar-refractivity contribution in [2.45, 2.75) is 13.8 Å². The largest absolute Gasteiger partial charge is 0.512 e. The van der Waals surface area contributed by atoms with Crippen molar-refractivity contribution in [1.29, 1.82) is 5.41 Å². The molecule has 0 aliphatic heterocycles. The number of anilines is 3. The van der Waals surface area contributed by atoms with Gasteiger partial charge in [-0.05, 0) is 24.3 Å². The van der Waals surface area contributed by atoms with Crippen LogP contribution in [0.15, 0.2) is 57.1 Å². The standard InChI is InChI=1S/C16H17N5O5S2.C2H6.CO2.CH4O/c17-8-1-2-11(10(18)5-8)20-21-16-13(28(24,25)26)4-7-3-9(27-23)6-12(22)14(7)15(16)19;1-2;2-1-3;1-2/h1-7,14,19-20,22-23H,17-18H2,(H,24,25,26);1-2H3;;2H,1H3/b19-15?,21-16-;;;. The van der Waals surface area contributed by atoms with E-state index >= 15 is 0 Å². The van der Waals surface area contributed by atoms with Gasteiger partial charge in [0.2, 0.25) is 0 Å². The normalized spacial score (nSPS) is 19.4. The number of hydrogen-bond acceptors (Lipinski definition) is 13. The second-order valence-corrected chi connectivity index (χ2v) is 8.25. The van der Waals surface area contributed by atoms with E-state index in [1.54, 1.807) is 6.07 Å². The lowest BCUT2D eigenvalue weighted by Crippen LogP contribution is -2.38. The number of rotatable bonds is 4. The molecule has 2 aliphatic rings. The lowest BCUT2D eigenvalue weighted by Gasteiger charge is -2.31. The van der Waals surface area contributed by atoms with Crippen molar-refractivity contribution in [3.05, 3.63) is 52.0 Å². The van der Waals surface area contributed by atoms with Crippen molar-refractivity contribution in [2.24, 2.45) is 16.9 Å². The van der Waals surface area contributed by atoms with Crippen LogP contribution in [0.25, 0.3) is 0 Å². The Morgan fingerprint density at radius 3 is 2.23 bits per heavy atom. The Morgan fingerprint density at radius 2 is 1.74 bits per heavy atom. The molecule has 0 saturated carbocycles. The van der Waals surface area contributed by atoms with Gasteiger partial charge in [0.1, 0.15) is 16.4 Å². The van der Waals surface area contributed by atoms with Crippen LogP contribution in [0.3, 0.4) is 0 Å². The summed E-state index contributed by atoms with van der Waals surface area (Å²) in [5.74, 6) is -1.91. The summed E-state index contributed by atoms with van der Waals surface area (Å²) in [6.45, 7) is 4.00. The highest BCUT2D eigenvalue weighted by molar-refractivity contribution is 7.97. The van der Waals surface area contributed by atoms with Crippen molar-refractivity contribution in [3.8, 4) is 0 Å². The third-order valence-corrected chi connectivity index (χ3v) is 5.59. The molecule has 0 fully saturated rings. The van der Waals surface area contributed by atoms with Crippen LogP contribution in [0.2, 0.25) is 0 Å². The predicted molar refractivity (Wildman–Crippen MR) is 134 cm³/mol. The lowest BCUT2D eigenvalue weighted by atomic mass is 9.77. The zero-order chi connectivity index (χ0) is 27.3. The van der Waals surface area contributed by atoms with Crippen LogP contribution < -0.4 is 16.9 Å². The molecule has 192 valence electrons. The quantitative estimate of drug-likeness (QED) is 0.121. The first-order valence-corrected chi connectivity index (χ1v) is 11.9. The molecule has 15 heteroatoms. The van der Waals surface area contributed by atoms with Crippen molar-refractivity contribution < 1.29 is 37.3 Å². The van der Waals surface area contributed by atoms with Gasteiger partial charge in [0.25, 0.3) is 10.1 Å². The van der Waals surface area contributed by atoms with Gasteiger partial charge in [0.15, 0.2) is 0 Å². The van der Waals surface area contributed by atoms with E-state index in [2.05, 4.69) is 10.5 Å². The number of nitrogens with zero attached hydrogens (tertiary/aromatic N) is 1. The molecule has 0 aromatic heterocycles. The Labute approximate surface area is 206 Å². The van der Waals surface area contributed by atoms with Gasteiger partial charge in [-0.25, -0.2) is 0 Å². The molecule has 0 bridgehead atoms. The summed E-state index contributed by atoms with van der Waals surface area (Å²) >= 11 is 0.373. The Balaban J connectivity index is 0.00000150. The maximum absolute atomic E-state index is 11.9. The first-order chi connectivity index (χ1) is 16.5. The van der Waals surface area contributed by atoms with E-state index in [9.17, 15) is 22.6 Å². The third-order valence-electron chi connectivity index (χ3n) is 4.24. The summed E-state index contributed by atoms with van der Waals surface area (Å²) in [6, 6.07) is 4.54. The molecular weight excluding hydrogens is 502 g/mol. The molecule has 0 radical (unpaired) electrons. The van der Waals surface area contributed by atoms with E-state index in [4.69, 9.17) is 31.6 Å². The highest BCUT2D eigenvalue weighted by Crippen LogP contribution is 2.38. The van der Waals surface area contributed by atoms with Crippen LogP contribution >= 0.6 is 12.0 Å². The molecule has 10 N–H and O–H groups in total. The van der Waals surface area contributed by atoms with Gasteiger partial charge < -0.3 is 31.6 Å². The minimum atomic E-state index is -4.72. The second kappa shape index (κ2) is 14.7. The average molecular weight is 530 g/mol. The number of hydrazone groups is 1. The van der Waals surface area contributed by atoms with Crippen LogP contribution in [-0.2, 0) is 19.7 Å². The van der Waals surface area contributed by atoms with Crippen molar-refractivity contribution >= 4 is 56.8 Å². The first-order valence-electron chi connectivity index (χ1n) is 9.68. The van der Waals surface area contributed by atoms with Gasteiger partial charge >= 0.3 is 6.15 Å². The molecule has 35 heavy (non-hydrogen) atoms. The van der Waals surface area contributed by atoms with Gasteiger partial charge in [-0.1, -0.05) is 26.0 Å². The van der Waals surface area contributed by atoms with Crippen LogP contribution in [0, 0.1) is 17.2 Å². The minimum Gasteiger partial charge on any atom is -0.512 e. The van der Waals surface area contributed by atoms with E-state index in [0.29, 0.717) is 23.4 Å². The zero-order valence-electron chi connectivity index (χ0n) is 19.0. The van der Waals surface area contributed by atoms with E-state index in [0.717, 1.165) is 7.11 Å². The van der Waals surface area contributed by atoms with E-state index in [-0.39, 0.29) is 33.9 Å². The van der Waals surface area contributed by atoms with Gasteiger partial charge in [-0.3, -0.25) is 9.98 Å². The van der Waals surface area contributed by atoms with Gasteiger partial charge in [0.05, 0.1) is 23.0 Å². The number of nitrogens with one attached hydrogen (secondary N) is 2. The number of nitrogen functional groups attached to an aromatic ring is 2. The maximum atomic E-state index is 11.9. The highest BCUT2D eigenvalue weighted by Gasteiger charge is 2.41. The van der Waals surface area contributed by atoms with Crippen LogP contribution in [0.5, 0.6) is 0 Å². The number of hydrogen-bond donors (Lipinski definition) is 8. The fourth-order valence-electron chi connectivity index (χ4n) is 2.96. The molecule has 1 aromatic rings. The molecule has 0 spiro atoms. The van der Waals surface area contributed by atoms with E-state index < -0.39 is 26.9 Å². The topological polar surface area (TPSA) is 249 Å². The van der Waals surface area contributed by atoms with E-state index in [1.165, 1.54) is 30.4 Å². The molecular formula is C20H27N5O8S2. The van der Waals surface area contributed by atoms with Gasteiger partial charge in [-0.15, -0.1) is 0 Å². The van der Waals surface area contributed by atoms with Crippen LogP contribution in [0.1, 0.15) is 13.8 Å². The third kappa shape index (κ3) is 8.36. The lowest BCUT2D eigenvalue weighted by molar-refractivity contribution is -0.191. The smallest absolute Gasteiger partial charge is 0.373 e. The maximum Gasteiger partial charge on any atom is 0.373 e. The number of allylic oxidation sites excluding steroid dienone is 5. The number of benzene rings is 1. The molecule has 3 rings (SSSR count). The molecule has 2 atom stereocenters. The molecule has 1 aromatic carbocycles. The zero-order valence-corrected chi connectivity index (χ0v) is 20.6. The SMILES string of the molecule is CC.CO.N=C1/C(=N\Nc2ccc(N)cc2N)C(S(=O)(=O)O)=CC2C=C(SO)C=C(O)C12.O=C=O. The number of carbonyl (C=O) groups excluding carboxylic acids is 2. The van der Waals surface area contributed by atoms with Crippen molar-refractivity contribution in [1.82, 2.24) is 0 Å². The van der Waals surface area contributed by atoms with Crippen LogP contribution in [-0.4, -0.2) is 52.4 Å². The number of fused-ring (bicyclic) bond motifs is 1. The van der Waals surface area contributed by atoms with E-state index in [1.807, 2.05) is 13.8 Å². The Hall–Kier alpha value is -3.46. The average Bonchev–Trinajstić information content (AvgIpc) is 2.81. The summed E-state index contributed by atoms with van der Waals surface area (Å²) in [4.78, 5) is 15.9. The molecule has 0 heterocycles. The fourth-order valence-corrected chi connectivity index (χ4v) is 4.09. The van der Waals surface area contributed by atoms with Crippen molar-refractivity contribution in [2.75, 3.05) is 24.0 Å². The molecule has 2 aliphatic carbocycles. The van der Waals surface area contributed by atoms with Gasteiger partial charge in [0, 0.05) is 35.7 Å². The van der Waals surface area contributed by atoms with Gasteiger partial charge in [-0.2, -0.15) is 23.1 Å². The molecule has 0 amide bonds. The monoisotopic (exact) mass is 529 g/mol.